The van der Waals surface area contributed by atoms with Crippen molar-refractivity contribution in [2.24, 2.45) is 0 Å². The number of halogens is 2. The molecule has 0 saturated carbocycles. The van der Waals surface area contributed by atoms with Crippen LogP contribution in [0.2, 0.25) is 5.02 Å². The van der Waals surface area contributed by atoms with E-state index in [1.54, 1.807) is 6.07 Å². The monoisotopic (exact) mass is 240 g/mol. The largest absolute Gasteiger partial charge is 0.205 e. The Bertz CT molecular complexity index is 496. The molecule has 0 saturated heterocycles. The van der Waals surface area contributed by atoms with E-state index in [1.165, 1.54) is 17.1 Å². The van der Waals surface area contributed by atoms with Crippen LogP contribution in [-0.2, 0) is 0 Å². The molecule has 0 spiro atoms. The van der Waals surface area contributed by atoms with Gasteiger partial charge < -0.3 is 0 Å². The van der Waals surface area contributed by atoms with Crippen LogP contribution in [0.1, 0.15) is 25.3 Å². The molecule has 1 aromatic carbocycles. The van der Waals surface area contributed by atoms with Gasteiger partial charge >= 0.3 is 0 Å². The maximum absolute atomic E-state index is 13.9. The predicted octanol–water partition coefficient (Wildman–Crippen LogP) is 2.58. The molecule has 0 amide bonds. The highest BCUT2D eigenvalue weighted by Crippen LogP contribution is 2.29. The van der Waals surface area contributed by atoms with Crippen molar-refractivity contribution in [3.63, 3.8) is 0 Å². The van der Waals surface area contributed by atoms with Crippen LogP contribution in [0.25, 0.3) is 5.69 Å². The van der Waals surface area contributed by atoms with Crippen LogP contribution in [0.3, 0.4) is 0 Å². The van der Waals surface area contributed by atoms with E-state index in [0.29, 0.717) is 11.3 Å². The first-order chi connectivity index (χ1) is 7.61. The molecule has 0 aliphatic carbocycles. The van der Waals surface area contributed by atoms with Gasteiger partial charge in [-0.2, -0.15) is 0 Å². The zero-order chi connectivity index (χ0) is 11.7. The van der Waals surface area contributed by atoms with E-state index in [9.17, 15) is 4.39 Å². The Morgan fingerprint density at radius 1 is 1.38 bits per heavy atom. The van der Waals surface area contributed by atoms with Crippen molar-refractivity contribution in [1.82, 2.24) is 20.2 Å². The summed E-state index contributed by atoms with van der Waals surface area (Å²) in [7, 11) is 0. The minimum Gasteiger partial charge on any atom is -0.205 e. The number of benzene rings is 1. The lowest BCUT2D eigenvalue weighted by Gasteiger charge is -2.13. The standard InChI is InChI=1S/C10H10ClFN4/c1-6(2)9-8(16-5-13-14-15-16)4-3-7(11)10(9)12/h3-6H,1-2H3. The number of tetrazole rings is 1. The molecule has 0 fully saturated rings. The number of aromatic nitrogens is 4. The molecule has 0 atom stereocenters. The highest BCUT2D eigenvalue weighted by Gasteiger charge is 2.17. The number of hydrogen-bond donors (Lipinski definition) is 0. The second-order valence-electron chi connectivity index (χ2n) is 3.70. The smallest absolute Gasteiger partial charge is 0.147 e. The average molecular weight is 241 g/mol. The Morgan fingerprint density at radius 2 is 2.12 bits per heavy atom. The zero-order valence-electron chi connectivity index (χ0n) is 8.85. The van der Waals surface area contributed by atoms with E-state index in [2.05, 4.69) is 15.5 Å². The lowest BCUT2D eigenvalue weighted by molar-refractivity contribution is 0.593. The third-order valence-corrected chi connectivity index (χ3v) is 2.57. The molecule has 0 unspecified atom stereocenters. The fourth-order valence-corrected chi connectivity index (χ4v) is 1.74. The molecule has 84 valence electrons. The molecule has 0 aliphatic rings. The normalized spacial score (nSPS) is 11.1. The summed E-state index contributed by atoms with van der Waals surface area (Å²) in [6.07, 6.45) is 1.43. The van der Waals surface area contributed by atoms with Gasteiger partial charge in [-0.15, -0.1) is 5.10 Å². The summed E-state index contributed by atoms with van der Waals surface area (Å²) < 4.78 is 15.3. The quantitative estimate of drug-likeness (QED) is 0.810. The molecule has 1 heterocycles. The summed E-state index contributed by atoms with van der Waals surface area (Å²) in [5.41, 5.74) is 1.13. The van der Waals surface area contributed by atoms with E-state index in [4.69, 9.17) is 11.6 Å². The Labute approximate surface area is 97.0 Å². The van der Waals surface area contributed by atoms with E-state index >= 15 is 0 Å². The van der Waals surface area contributed by atoms with Crippen molar-refractivity contribution in [3.05, 3.63) is 34.9 Å². The lowest BCUT2D eigenvalue weighted by atomic mass is 10.0. The van der Waals surface area contributed by atoms with Gasteiger partial charge in [-0.25, -0.2) is 9.07 Å². The van der Waals surface area contributed by atoms with Crippen molar-refractivity contribution in [2.75, 3.05) is 0 Å². The number of nitrogens with zero attached hydrogens (tertiary/aromatic N) is 4. The molecular weight excluding hydrogens is 231 g/mol. The minimum atomic E-state index is -0.412. The molecule has 4 nitrogen and oxygen atoms in total. The van der Waals surface area contributed by atoms with Crippen LogP contribution < -0.4 is 0 Å². The molecule has 16 heavy (non-hydrogen) atoms. The summed E-state index contributed by atoms with van der Waals surface area (Å²) in [6, 6.07) is 3.21. The van der Waals surface area contributed by atoms with Crippen LogP contribution in [0.4, 0.5) is 4.39 Å². The van der Waals surface area contributed by atoms with Crippen molar-refractivity contribution in [3.8, 4) is 5.69 Å². The van der Waals surface area contributed by atoms with Gasteiger partial charge in [0, 0.05) is 5.56 Å². The van der Waals surface area contributed by atoms with Gasteiger partial charge in [0.2, 0.25) is 0 Å². The van der Waals surface area contributed by atoms with Gasteiger partial charge in [0.1, 0.15) is 12.1 Å². The molecule has 0 radical (unpaired) electrons. The highest BCUT2D eigenvalue weighted by atomic mass is 35.5. The minimum absolute atomic E-state index is 0.00194. The summed E-state index contributed by atoms with van der Waals surface area (Å²) in [4.78, 5) is 0. The van der Waals surface area contributed by atoms with Crippen molar-refractivity contribution in [2.45, 2.75) is 19.8 Å². The van der Waals surface area contributed by atoms with Crippen LogP contribution >= 0.6 is 11.6 Å². The van der Waals surface area contributed by atoms with Gasteiger partial charge in [-0.05, 0) is 28.5 Å². The number of hydrogen-bond acceptors (Lipinski definition) is 3. The first-order valence-corrected chi connectivity index (χ1v) is 5.20. The van der Waals surface area contributed by atoms with Crippen LogP contribution in [0, 0.1) is 5.82 Å². The highest BCUT2D eigenvalue weighted by molar-refractivity contribution is 6.30. The second-order valence-corrected chi connectivity index (χ2v) is 4.11. The fourth-order valence-electron chi connectivity index (χ4n) is 1.58. The molecule has 6 heteroatoms. The second kappa shape index (κ2) is 4.17. The van der Waals surface area contributed by atoms with E-state index in [0.717, 1.165) is 0 Å². The van der Waals surface area contributed by atoms with Gasteiger partial charge in [0.15, 0.2) is 0 Å². The summed E-state index contributed by atoms with van der Waals surface area (Å²) in [5.74, 6) is -0.414. The Balaban J connectivity index is 2.66. The maximum atomic E-state index is 13.9. The van der Waals surface area contributed by atoms with Crippen LogP contribution in [-0.4, -0.2) is 20.2 Å². The third-order valence-electron chi connectivity index (χ3n) is 2.28. The number of rotatable bonds is 2. The van der Waals surface area contributed by atoms with Gasteiger partial charge in [-0.1, -0.05) is 25.4 Å². The van der Waals surface area contributed by atoms with E-state index in [-0.39, 0.29) is 10.9 Å². The lowest BCUT2D eigenvalue weighted by Crippen LogP contribution is -2.05. The maximum Gasteiger partial charge on any atom is 0.147 e. The molecule has 1 aromatic heterocycles. The van der Waals surface area contributed by atoms with Gasteiger partial charge in [-0.3, -0.25) is 0 Å². The summed E-state index contributed by atoms with van der Waals surface area (Å²) in [6.45, 7) is 3.78. The average Bonchev–Trinajstić information content (AvgIpc) is 2.74. The molecule has 2 aromatic rings. The Morgan fingerprint density at radius 3 is 2.69 bits per heavy atom. The third kappa shape index (κ3) is 1.78. The fraction of sp³-hybridized carbons (Fsp3) is 0.300. The van der Waals surface area contributed by atoms with Crippen molar-refractivity contribution >= 4 is 11.6 Å². The SMILES string of the molecule is CC(C)c1c(-n2cnnn2)ccc(Cl)c1F. The van der Waals surface area contributed by atoms with E-state index < -0.39 is 5.82 Å². The molecular formula is C10H10ClFN4. The van der Waals surface area contributed by atoms with Crippen LogP contribution in [0.15, 0.2) is 18.5 Å². The van der Waals surface area contributed by atoms with Gasteiger partial charge in [0.05, 0.1) is 10.7 Å². The van der Waals surface area contributed by atoms with Gasteiger partial charge in [0.25, 0.3) is 0 Å². The van der Waals surface area contributed by atoms with E-state index in [1.807, 2.05) is 13.8 Å². The Hall–Kier alpha value is -1.49. The van der Waals surface area contributed by atoms with Crippen molar-refractivity contribution < 1.29 is 4.39 Å². The topological polar surface area (TPSA) is 43.6 Å². The zero-order valence-corrected chi connectivity index (χ0v) is 9.61. The first-order valence-electron chi connectivity index (χ1n) is 4.82. The molecule has 2 rings (SSSR count). The van der Waals surface area contributed by atoms with Crippen molar-refractivity contribution in [1.29, 1.82) is 0 Å². The van der Waals surface area contributed by atoms with Crippen LogP contribution in [0.5, 0.6) is 0 Å². The Kier molecular flexibility index (Phi) is 2.87. The first kappa shape index (κ1) is 11.0. The predicted molar refractivity (Wildman–Crippen MR) is 58.2 cm³/mol. The molecule has 0 bridgehead atoms. The molecule has 0 N–H and O–H groups in total. The summed E-state index contributed by atoms with van der Waals surface area (Å²) >= 11 is 5.76. The summed E-state index contributed by atoms with van der Waals surface area (Å²) in [5, 5.41) is 10.9. The molecule has 0 aliphatic heterocycles.